The first-order valence-electron chi connectivity index (χ1n) is 13.4. The number of pyridine rings is 2. The molecule has 1 aromatic carbocycles. The number of hydrogen-bond donors (Lipinski definition) is 1. The summed E-state index contributed by atoms with van der Waals surface area (Å²) in [5.74, 6) is 0.384. The van der Waals surface area contributed by atoms with Gasteiger partial charge in [0, 0.05) is 38.4 Å². The van der Waals surface area contributed by atoms with Crippen LogP contribution in [0.5, 0.6) is 5.88 Å². The molecular weight excluding hydrogens is 533 g/mol. The fraction of sp³-hybridized carbons (Fsp3) is 0.400. The molecule has 8 nitrogen and oxygen atoms in total. The molecule has 2 aromatic heterocycles. The van der Waals surface area contributed by atoms with Crippen molar-refractivity contribution in [2.75, 3.05) is 45.2 Å². The second kappa shape index (κ2) is 12.6. The van der Waals surface area contributed by atoms with Crippen LogP contribution in [0.1, 0.15) is 42.9 Å². The van der Waals surface area contributed by atoms with Gasteiger partial charge in [-0.05, 0) is 75.8 Å². The lowest BCUT2D eigenvalue weighted by Gasteiger charge is -2.43. The number of piperidine rings is 1. The molecule has 0 spiro atoms. The van der Waals surface area contributed by atoms with Crippen LogP contribution in [0.25, 0.3) is 11.3 Å². The first-order valence-corrected chi connectivity index (χ1v) is 13.4. The lowest BCUT2D eigenvalue weighted by atomic mass is 9.81. The SMILES string of the molecule is CCOc1ncccc1-c1ccc(C2(NC(=O)CCN(C)C)CCN(c3ccc(C(F)(F)F)cc3C#N)CC2)cn1. The van der Waals surface area contributed by atoms with Gasteiger partial charge < -0.3 is 19.9 Å². The summed E-state index contributed by atoms with van der Waals surface area (Å²) in [7, 11) is 3.80. The van der Waals surface area contributed by atoms with Crippen molar-refractivity contribution >= 4 is 11.6 Å². The third kappa shape index (κ3) is 6.95. The van der Waals surface area contributed by atoms with E-state index in [1.165, 1.54) is 6.07 Å². The van der Waals surface area contributed by atoms with Gasteiger partial charge in [-0.2, -0.15) is 18.4 Å². The maximum Gasteiger partial charge on any atom is 0.416 e. The molecule has 1 aliphatic rings. The minimum atomic E-state index is -4.53. The van der Waals surface area contributed by atoms with Gasteiger partial charge in [0.05, 0.1) is 40.2 Å². The highest BCUT2D eigenvalue weighted by Crippen LogP contribution is 2.38. The number of rotatable bonds is 9. The fourth-order valence-corrected chi connectivity index (χ4v) is 5.02. The van der Waals surface area contributed by atoms with Crippen LogP contribution in [0.15, 0.2) is 54.9 Å². The number of amides is 1. The van der Waals surface area contributed by atoms with Crippen LogP contribution in [-0.2, 0) is 16.5 Å². The predicted octanol–water partition coefficient (Wildman–Crippen LogP) is 5.00. The van der Waals surface area contributed by atoms with Gasteiger partial charge in [0.15, 0.2) is 0 Å². The summed E-state index contributed by atoms with van der Waals surface area (Å²) in [5.41, 5.74) is 1.09. The van der Waals surface area contributed by atoms with Gasteiger partial charge in [-0.25, -0.2) is 4.98 Å². The van der Waals surface area contributed by atoms with Crippen molar-refractivity contribution in [2.24, 2.45) is 0 Å². The van der Waals surface area contributed by atoms with Crippen LogP contribution in [0.2, 0.25) is 0 Å². The summed E-state index contributed by atoms with van der Waals surface area (Å²) in [6.45, 7) is 3.78. The Morgan fingerprint density at radius 2 is 1.93 bits per heavy atom. The summed E-state index contributed by atoms with van der Waals surface area (Å²) in [6, 6.07) is 12.7. The number of halogens is 3. The van der Waals surface area contributed by atoms with E-state index in [-0.39, 0.29) is 11.5 Å². The zero-order valence-corrected chi connectivity index (χ0v) is 23.3. The quantitative estimate of drug-likeness (QED) is 0.390. The van der Waals surface area contributed by atoms with Crippen LogP contribution in [0.3, 0.4) is 0 Å². The first kappa shape index (κ1) is 29.8. The van der Waals surface area contributed by atoms with Crippen molar-refractivity contribution in [1.82, 2.24) is 20.2 Å². The molecule has 41 heavy (non-hydrogen) atoms. The van der Waals surface area contributed by atoms with E-state index in [9.17, 15) is 23.2 Å². The molecule has 1 aliphatic heterocycles. The van der Waals surface area contributed by atoms with E-state index < -0.39 is 17.3 Å². The van der Waals surface area contributed by atoms with Crippen molar-refractivity contribution in [2.45, 2.75) is 37.9 Å². The average Bonchev–Trinajstić information content (AvgIpc) is 2.96. The van der Waals surface area contributed by atoms with Crippen molar-refractivity contribution in [3.63, 3.8) is 0 Å². The van der Waals surface area contributed by atoms with E-state index in [0.717, 1.165) is 23.3 Å². The monoisotopic (exact) mass is 566 g/mol. The molecule has 1 saturated heterocycles. The van der Waals surface area contributed by atoms with Crippen molar-refractivity contribution in [3.05, 3.63) is 71.5 Å². The highest BCUT2D eigenvalue weighted by atomic mass is 19.4. The number of benzene rings is 1. The van der Waals surface area contributed by atoms with Gasteiger partial charge in [-0.1, -0.05) is 6.07 Å². The van der Waals surface area contributed by atoms with Crippen molar-refractivity contribution < 1.29 is 22.7 Å². The molecule has 0 aliphatic carbocycles. The third-order valence-corrected chi connectivity index (χ3v) is 7.21. The highest BCUT2D eigenvalue weighted by Gasteiger charge is 2.39. The minimum Gasteiger partial charge on any atom is -0.477 e. The molecule has 0 saturated carbocycles. The van der Waals surface area contributed by atoms with Gasteiger partial charge in [0.1, 0.15) is 6.07 Å². The molecular formula is C30H33F3N6O2. The van der Waals surface area contributed by atoms with E-state index in [1.54, 1.807) is 12.4 Å². The standard InChI is InChI=1S/C30H33F3N6O2/c1-4-41-28-24(6-5-14-35-28)25-9-7-23(20-36-25)29(37-27(40)11-15-38(2)3)12-16-39(17-13-29)26-10-8-22(30(31,32)33)18-21(26)19-34/h5-10,14,18,20H,4,11-13,15-17H2,1-3H3,(H,37,40). The second-order valence-electron chi connectivity index (χ2n) is 10.2. The summed E-state index contributed by atoms with van der Waals surface area (Å²) >= 11 is 0. The number of anilines is 1. The molecule has 0 bridgehead atoms. The number of carbonyl (C=O) groups excluding carboxylic acids is 1. The number of alkyl halides is 3. The predicted molar refractivity (Wildman–Crippen MR) is 149 cm³/mol. The third-order valence-electron chi connectivity index (χ3n) is 7.21. The van der Waals surface area contributed by atoms with E-state index in [4.69, 9.17) is 4.74 Å². The van der Waals surface area contributed by atoms with E-state index >= 15 is 0 Å². The summed E-state index contributed by atoms with van der Waals surface area (Å²) in [6.07, 6.45) is 0.142. The van der Waals surface area contributed by atoms with Crippen LogP contribution in [0, 0.1) is 11.3 Å². The van der Waals surface area contributed by atoms with Gasteiger partial charge in [0.25, 0.3) is 0 Å². The molecule has 1 amide bonds. The number of nitriles is 1. The molecule has 3 aromatic rings. The van der Waals surface area contributed by atoms with E-state index in [2.05, 4.69) is 15.3 Å². The maximum absolute atomic E-state index is 13.2. The van der Waals surface area contributed by atoms with E-state index in [0.29, 0.717) is 62.8 Å². The molecule has 0 radical (unpaired) electrons. The van der Waals surface area contributed by atoms with Gasteiger partial charge in [-0.15, -0.1) is 0 Å². The van der Waals surface area contributed by atoms with Crippen molar-refractivity contribution in [1.29, 1.82) is 5.26 Å². The number of nitrogens with one attached hydrogen (secondary N) is 1. The largest absolute Gasteiger partial charge is 0.477 e. The fourth-order valence-electron chi connectivity index (χ4n) is 5.02. The first-order chi connectivity index (χ1) is 19.6. The number of carbonyl (C=O) groups is 1. The maximum atomic E-state index is 13.2. The highest BCUT2D eigenvalue weighted by molar-refractivity contribution is 5.77. The Labute approximate surface area is 237 Å². The lowest BCUT2D eigenvalue weighted by Crippen LogP contribution is -2.53. The van der Waals surface area contributed by atoms with Gasteiger partial charge in [-0.3, -0.25) is 9.78 Å². The minimum absolute atomic E-state index is 0.0325. The van der Waals surface area contributed by atoms with Crippen LogP contribution in [-0.4, -0.2) is 61.1 Å². The number of hydrogen-bond acceptors (Lipinski definition) is 7. The van der Waals surface area contributed by atoms with E-state index in [1.807, 2.05) is 61.2 Å². The summed E-state index contributed by atoms with van der Waals surface area (Å²) in [5, 5.41) is 12.8. The number of nitrogens with zero attached hydrogens (tertiary/aromatic N) is 5. The Balaban J connectivity index is 1.61. The second-order valence-corrected chi connectivity index (χ2v) is 10.2. The molecule has 0 unspecified atom stereocenters. The Kier molecular flexibility index (Phi) is 9.13. The lowest BCUT2D eigenvalue weighted by molar-refractivity contribution is -0.137. The Hall–Kier alpha value is -4.17. The van der Waals surface area contributed by atoms with Crippen LogP contribution < -0.4 is 15.0 Å². The average molecular weight is 567 g/mol. The Morgan fingerprint density at radius 3 is 2.54 bits per heavy atom. The molecule has 1 N–H and O–H groups in total. The molecule has 11 heteroatoms. The van der Waals surface area contributed by atoms with Crippen molar-refractivity contribution in [3.8, 4) is 23.2 Å². The topological polar surface area (TPSA) is 94.4 Å². The Bertz CT molecular complexity index is 1390. The zero-order chi connectivity index (χ0) is 29.6. The normalized spacial score (nSPS) is 14.9. The van der Waals surface area contributed by atoms with Gasteiger partial charge >= 0.3 is 6.18 Å². The molecule has 216 valence electrons. The molecule has 0 atom stereocenters. The molecule has 4 rings (SSSR count). The number of aromatic nitrogens is 2. The van der Waals surface area contributed by atoms with Crippen LogP contribution >= 0.6 is 0 Å². The zero-order valence-electron chi connectivity index (χ0n) is 23.3. The van der Waals surface area contributed by atoms with Crippen LogP contribution in [0.4, 0.5) is 18.9 Å². The summed E-state index contributed by atoms with van der Waals surface area (Å²) < 4.78 is 45.3. The number of ether oxygens (including phenoxy) is 1. The summed E-state index contributed by atoms with van der Waals surface area (Å²) in [4.78, 5) is 25.9. The molecule has 1 fully saturated rings. The smallest absolute Gasteiger partial charge is 0.416 e. The Morgan fingerprint density at radius 1 is 1.17 bits per heavy atom. The molecule has 3 heterocycles. The van der Waals surface area contributed by atoms with Gasteiger partial charge in [0.2, 0.25) is 11.8 Å².